The molecule has 18 heavy (non-hydrogen) atoms. The Balaban J connectivity index is 2.36. The summed E-state index contributed by atoms with van der Waals surface area (Å²) >= 11 is 0. The van der Waals surface area contributed by atoms with Crippen LogP contribution in [0.5, 0.6) is 0 Å². The SMILES string of the molecule is CS(=O)(=O)C[C@@]1(c2ccccc2)OC[C@@H](CO)O1. The molecule has 5 nitrogen and oxygen atoms in total. The predicted molar refractivity (Wildman–Crippen MR) is 65.7 cm³/mol. The molecule has 0 radical (unpaired) electrons. The van der Waals surface area contributed by atoms with Crippen LogP contribution in [-0.4, -0.2) is 44.9 Å². The van der Waals surface area contributed by atoms with E-state index >= 15 is 0 Å². The summed E-state index contributed by atoms with van der Waals surface area (Å²) in [6.45, 7) is -0.0146. The number of hydrogen-bond donors (Lipinski definition) is 1. The van der Waals surface area contributed by atoms with Crippen LogP contribution in [0.4, 0.5) is 0 Å². The van der Waals surface area contributed by atoms with Crippen LogP contribution in [0.15, 0.2) is 30.3 Å². The maximum atomic E-state index is 11.5. The van der Waals surface area contributed by atoms with Crippen LogP contribution < -0.4 is 0 Å². The van der Waals surface area contributed by atoms with Crippen molar-refractivity contribution in [3.05, 3.63) is 35.9 Å². The molecular weight excluding hydrogens is 256 g/mol. The quantitative estimate of drug-likeness (QED) is 0.853. The molecule has 1 aliphatic rings. The van der Waals surface area contributed by atoms with Crippen molar-refractivity contribution in [2.45, 2.75) is 11.9 Å². The van der Waals surface area contributed by atoms with Crippen LogP contribution in [0.3, 0.4) is 0 Å². The minimum Gasteiger partial charge on any atom is -0.394 e. The highest BCUT2D eigenvalue weighted by molar-refractivity contribution is 7.90. The number of rotatable bonds is 4. The summed E-state index contributed by atoms with van der Waals surface area (Å²) in [6, 6.07) is 8.92. The van der Waals surface area contributed by atoms with Gasteiger partial charge in [0.2, 0.25) is 5.79 Å². The first-order valence-corrected chi connectivity index (χ1v) is 7.67. The number of aliphatic hydroxyl groups excluding tert-OH is 1. The van der Waals surface area contributed by atoms with Gasteiger partial charge in [-0.05, 0) is 0 Å². The highest BCUT2D eigenvalue weighted by atomic mass is 32.2. The van der Waals surface area contributed by atoms with Crippen molar-refractivity contribution in [1.82, 2.24) is 0 Å². The Labute approximate surface area is 106 Å². The van der Waals surface area contributed by atoms with E-state index in [-0.39, 0.29) is 19.0 Å². The second-order valence-corrected chi connectivity index (χ2v) is 6.56. The maximum Gasteiger partial charge on any atom is 0.209 e. The molecule has 0 unspecified atom stereocenters. The van der Waals surface area contributed by atoms with Gasteiger partial charge in [-0.15, -0.1) is 0 Å². The third-order valence-electron chi connectivity index (χ3n) is 2.73. The van der Waals surface area contributed by atoms with Crippen LogP contribution in [0, 0.1) is 0 Å². The molecule has 2 rings (SSSR count). The Morgan fingerprint density at radius 1 is 1.39 bits per heavy atom. The van der Waals surface area contributed by atoms with E-state index in [2.05, 4.69) is 0 Å². The first kappa shape index (κ1) is 13.5. The van der Waals surface area contributed by atoms with E-state index in [9.17, 15) is 8.42 Å². The molecular formula is C12H16O5S. The van der Waals surface area contributed by atoms with Gasteiger partial charge in [0, 0.05) is 11.8 Å². The van der Waals surface area contributed by atoms with Gasteiger partial charge in [-0.25, -0.2) is 8.42 Å². The smallest absolute Gasteiger partial charge is 0.209 e. The molecule has 0 aromatic heterocycles. The fraction of sp³-hybridized carbons (Fsp3) is 0.500. The van der Waals surface area contributed by atoms with Gasteiger partial charge in [0.25, 0.3) is 0 Å². The van der Waals surface area contributed by atoms with E-state index in [1.165, 1.54) is 0 Å². The molecule has 0 bridgehead atoms. The molecule has 1 aliphatic heterocycles. The van der Waals surface area contributed by atoms with Crippen molar-refractivity contribution in [1.29, 1.82) is 0 Å². The second kappa shape index (κ2) is 4.97. The average molecular weight is 272 g/mol. The third kappa shape index (κ3) is 2.89. The highest BCUT2D eigenvalue weighted by Gasteiger charge is 2.45. The lowest BCUT2D eigenvalue weighted by molar-refractivity contribution is -0.162. The van der Waals surface area contributed by atoms with Crippen molar-refractivity contribution in [2.24, 2.45) is 0 Å². The first-order valence-electron chi connectivity index (χ1n) is 5.61. The summed E-state index contributed by atoms with van der Waals surface area (Å²) < 4.78 is 34.2. The van der Waals surface area contributed by atoms with Crippen LogP contribution in [0.2, 0.25) is 0 Å². The van der Waals surface area contributed by atoms with E-state index in [0.29, 0.717) is 5.56 Å². The fourth-order valence-electron chi connectivity index (χ4n) is 2.00. The van der Waals surface area contributed by atoms with E-state index < -0.39 is 21.7 Å². The summed E-state index contributed by atoms with van der Waals surface area (Å²) in [7, 11) is -3.28. The molecule has 0 spiro atoms. The Kier molecular flexibility index (Phi) is 3.72. The number of hydrogen-bond acceptors (Lipinski definition) is 5. The van der Waals surface area contributed by atoms with Gasteiger partial charge >= 0.3 is 0 Å². The van der Waals surface area contributed by atoms with E-state index in [0.717, 1.165) is 6.26 Å². The van der Waals surface area contributed by atoms with Gasteiger partial charge in [-0.2, -0.15) is 0 Å². The van der Waals surface area contributed by atoms with Crippen LogP contribution in [0.1, 0.15) is 5.56 Å². The minimum atomic E-state index is -3.28. The Hall–Kier alpha value is -0.950. The highest BCUT2D eigenvalue weighted by Crippen LogP contribution is 2.35. The molecule has 1 N–H and O–H groups in total. The number of aliphatic hydroxyl groups is 1. The molecule has 2 atom stereocenters. The van der Waals surface area contributed by atoms with Gasteiger partial charge in [0.15, 0.2) is 9.84 Å². The number of ether oxygens (including phenoxy) is 2. The van der Waals surface area contributed by atoms with Crippen molar-refractivity contribution >= 4 is 9.84 Å². The Bertz CT molecular complexity index is 498. The molecule has 1 fully saturated rings. The summed E-state index contributed by atoms with van der Waals surface area (Å²) in [6.07, 6.45) is 0.642. The van der Waals surface area contributed by atoms with Gasteiger partial charge in [0.05, 0.1) is 13.2 Å². The van der Waals surface area contributed by atoms with E-state index in [1.807, 2.05) is 6.07 Å². The lowest BCUT2D eigenvalue weighted by atomic mass is 10.1. The summed E-state index contributed by atoms with van der Waals surface area (Å²) in [5, 5.41) is 9.09. The lowest BCUT2D eigenvalue weighted by Gasteiger charge is -2.27. The fourth-order valence-corrected chi connectivity index (χ4v) is 3.01. The standard InChI is InChI=1S/C12H16O5S/c1-18(14,15)9-12(10-5-3-2-4-6-10)16-8-11(7-13)17-12/h2-6,11,13H,7-9H2,1H3/t11-,12-/m1/s1. The first-order chi connectivity index (χ1) is 8.45. The summed E-state index contributed by atoms with van der Waals surface area (Å²) in [4.78, 5) is 0. The zero-order valence-electron chi connectivity index (χ0n) is 10.1. The van der Waals surface area contributed by atoms with E-state index in [1.54, 1.807) is 24.3 Å². The van der Waals surface area contributed by atoms with Gasteiger partial charge in [-0.3, -0.25) is 0 Å². The Morgan fingerprint density at radius 3 is 2.56 bits per heavy atom. The molecule has 0 aliphatic carbocycles. The third-order valence-corrected chi connectivity index (χ3v) is 3.63. The van der Waals surface area contributed by atoms with Gasteiger partial charge in [0.1, 0.15) is 11.9 Å². The zero-order chi connectivity index (χ0) is 13.2. The van der Waals surface area contributed by atoms with E-state index in [4.69, 9.17) is 14.6 Å². The molecule has 1 aromatic rings. The van der Waals surface area contributed by atoms with Gasteiger partial charge in [-0.1, -0.05) is 30.3 Å². The lowest BCUT2D eigenvalue weighted by Crippen LogP contribution is -2.36. The molecule has 100 valence electrons. The number of benzene rings is 1. The zero-order valence-corrected chi connectivity index (χ0v) is 10.9. The number of sulfone groups is 1. The van der Waals surface area contributed by atoms with Crippen molar-refractivity contribution in [2.75, 3.05) is 25.2 Å². The minimum absolute atomic E-state index is 0.181. The maximum absolute atomic E-state index is 11.5. The monoisotopic (exact) mass is 272 g/mol. The molecule has 1 aromatic carbocycles. The van der Waals surface area contributed by atoms with Crippen molar-refractivity contribution in [3.8, 4) is 0 Å². The normalized spacial score (nSPS) is 28.4. The van der Waals surface area contributed by atoms with Crippen LogP contribution in [-0.2, 0) is 25.1 Å². The van der Waals surface area contributed by atoms with Gasteiger partial charge < -0.3 is 14.6 Å². The molecule has 0 amide bonds. The average Bonchev–Trinajstić information content (AvgIpc) is 2.73. The van der Waals surface area contributed by atoms with Crippen molar-refractivity contribution < 1.29 is 23.0 Å². The Morgan fingerprint density at radius 2 is 2.06 bits per heavy atom. The molecule has 1 saturated heterocycles. The van der Waals surface area contributed by atoms with Crippen LogP contribution >= 0.6 is 0 Å². The van der Waals surface area contributed by atoms with Crippen LogP contribution in [0.25, 0.3) is 0 Å². The second-order valence-electron chi connectivity index (χ2n) is 4.42. The summed E-state index contributed by atoms with van der Waals surface area (Å²) in [5.41, 5.74) is 0.645. The topological polar surface area (TPSA) is 72.8 Å². The summed E-state index contributed by atoms with van der Waals surface area (Å²) in [5.74, 6) is -1.57. The largest absolute Gasteiger partial charge is 0.394 e. The molecule has 1 heterocycles. The molecule has 0 saturated carbocycles. The molecule has 6 heteroatoms. The predicted octanol–water partition coefficient (Wildman–Crippen LogP) is 0.292. The van der Waals surface area contributed by atoms with Crippen molar-refractivity contribution in [3.63, 3.8) is 0 Å².